The van der Waals surface area contributed by atoms with E-state index in [9.17, 15) is 4.79 Å². The second-order valence-corrected chi connectivity index (χ2v) is 4.48. The molecule has 0 spiro atoms. The lowest BCUT2D eigenvalue weighted by Crippen LogP contribution is -2.05. The number of aromatic nitrogens is 3. The molecule has 0 unspecified atom stereocenters. The van der Waals surface area contributed by atoms with Crippen LogP contribution in [0, 0.1) is 0 Å². The lowest BCUT2D eigenvalue weighted by atomic mass is 10.2. The number of nitrogens with one attached hydrogen (secondary N) is 2. The fraction of sp³-hybridized carbons (Fsp3) is 0.143. The maximum Gasteiger partial charge on any atom is 0.221 e. The largest absolute Gasteiger partial charge is 0.347 e. The molecule has 0 aliphatic rings. The van der Waals surface area contributed by atoms with Crippen LogP contribution in [0.1, 0.15) is 12.6 Å². The topological polar surface area (TPSA) is 62.7 Å². The van der Waals surface area contributed by atoms with E-state index < -0.39 is 0 Å². The highest BCUT2D eigenvalue weighted by Crippen LogP contribution is 2.21. The third-order valence-corrected chi connectivity index (χ3v) is 2.99. The van der Waals surface area contributed by atoms with Crippen molar-refractivity contribution in [1.29, 1.82) is 0 Å². The number of carbonyl (C=O) groups is 1. The van der Waals surface area contributed by atoms with Crippen molar-refractivity contribution in [3.05, 3.63) is 48.7 Å². The third-order valence-electron chi connectivity index (χ3n) is 2.99. The summed E-state index contributed by atoms with van der Waals surface area (Å²) in [6, 6.07) is 7.95. The first-order valence-corrected chi connectivity index (χ1v) is 6.06. The van der Waals surface area contributed by atoms with Crippen LogP contribution in [0.15, 0.2) is 43.0 Å². The van der Waals surface area contributed by atoms with Gasteiger partial charge in [-0.3, -0.25) is 4.79 Å². The summed E-state index contributed by atoms with van der Waals surface area (Å²) in [6.07, 6.45) is 5.51. The fourth-order valence-corrected chi connectivity index (χ4v) is 2.16. The van der Waals surface area contributed by atoms with Gasteiger partial charge in [-0.15, -0.1) is 0 Å². The molecule has 3 aromatic rings. The molecular formula is C14H14N4O. The zero-order chi connectivity index (χ0) is 13.2. The number of hydrogen-bond acceptors (Lipinski definition) is 2. The predicted molar refractivity (Wildman–Crippen MR) is 73.9 cm³/mol. The van der Waals surface area contributed by atoms with Crippen molar-refractivity contribution < 1.29 is 4.79 Å². The van der Waals surface area contributed by atoms with Crippen molar-refractivity contribution in [3.63, 3.8) is 0 Å². The first-order valence-electron chi connectivity index (χ1n) is 6.06. The maximum absolute atomic E-state index is 11.1. The number of hydrogen-bond donors (Lipinski definition) is 2. The van der Waals surface area contributed by atoms with E-state index >= 15 is 0 Å². The number of fused-ring (bicyclic) bond motifs is 1. The molecule has 96 valence electrons. The molecule has 2 N–H and O–H groups in total. The van der Waals surface area contributed by atoms with Crippen molar-refractivity contribution >= 4 is 22.5 Å². The molecule has 0 fully saturated rings. The maximum atomic E-state index is 11.1. The number of carbonyl (C=O) groups excluding carboxylic acids is 1. The number of amides is 1. The summed E-state index contributed by atoms with van der Waals surface area (Å²) in [5, 5.41) is 3.95. The summed E-state index contributed by atoms with van der Waals surface area (Å²) in [7, 11) is 0. The quantitative estimate of drug-likeness (QED) is 0.753. The molecule has 1 aromatic carbocycles. The molecular weight excluding hydrogens is 240 g/mol. The molecule has 0 atom stereocenters. The van der Waals surface area contributed by atoms with Crippen molar-refractivity contribution in [2.24, 2.45) is 0 Å². The summed E-state index contributed by atoms with van der Waals surface area (Å²) in [5.74, 6) is -0.0639. The molecule has 0 bridgehead atoms. The van der Waals surface area contributed by atoms with Crippen molar-refractivity contribution in [1.82, 2.24) is 14.5 Å². The number of nitrogens with zero attached hydrogens (tertiary/aromatic N) is 2. The Morgan fingerprint density at radius 1 is 1.42 bits per heavy atom. The van der Waals surface area contributed by atoms with Crippen LogP contribution in [0.2, 0.25) is 0 Å². The smallest absolute Gasteiger partial charge is 0.221 e. The van der Waals surface area contributed by atoms with Crippen LogP contribution in [0.25, 0.3) is 10.9 Å². The number of imidazole rings is 1. The Balaban J connectivity index is 1.98. The van der Waals surface area contributed by atoms with E-state index in [0.29, 0.717) is 0 Å². The van der Waals surface area contributed by atoms with E-state index in [1.165, 1.54) is 6.92 Å². The van der Waals surface area contributed by atoms with Gasteiger partial charge in [-0.05, 0) is 23.6 Å². The van der Waals surface area contributed by atoms with Crippen LogP contribution in [0.3, 0.4) is 0 Å². The van der Waals surface area contributed by atoms with Gasteiger partial charge in [0.05, 0.1) is 24.1 Å². The molecule has 0 radical (unpaired) electrons. The van der Waals surface area contributed by atoms with Gasteiger partial charge >= 0.3 is 0 Å². The number of aromatic amines is 1. The molecule has 1 amide bonds. The third kappa shape index (κ3) is 2.35. The molecule has 0 saturated carbocycles. The fourth-order valence-electron chi connectivity index (χ4n) is 2.16. The van der Waals surface area contributed by atoms with Gasteiger partial charge in [0, 0.05) is 25.0 Å². The van der Waals surface area contributed by atoms with Gasteiger partial charge in [0.25, 0.3) is 0 Å². The summed E-state index contributed by atoms with van der Waals surface area (Å²) in [6.45, 7) is 2.24. The molecule has 2 aromatic heterocycles. The Kier molecular flexibility index (Phi) is 2.79. The molecule has 19 heavy (non-hydrogen) atoms. The minimum absolute atomic E-state index is 0.0639. The van der Waals surface area contributed by atoms with E-state index in [1.54, 1.807) is 6.33 Å². The zero-order valence-corrected chi connectivity index (χ0v) is 10.6. The monoisotopic (exact) mass is 254 g/mol. The summed E-state index contributed by atoms with van der Waals surface area (Å²) in [4.78, 5) is 18.2. The molecule has 5 nitrogen and oxygen atoms in total. The van der Waals surface area contributed by atoms with Gasteiger partial charge in [0.15, 0.2) is 0 Å². The van der Waals surface area contributed by atoms with Crippen LogP contribution >= 0.6 is 0 Å². The Morgan fingerprint density at radius 2 is 2.32 bits per heavy atom. The average Bonchev–Trinajstić information content (AvgIpc) is 3.00. The SMILES string of the molecule is CC(=O)Nc1ccc2ccn(Cc3cnc[nH]3)c2c1. The summed E-state index contributed by atoms with van der Waals surface area (Å²) >= 11 is 0. The van der Waals surface area contributed by atoms with Crippen LogP contribution in [-0.2, 0) is 11.3 Å². The molecule has 0 saturated heterocycles. The van der Waals surface area contributed by atoms with Gasteiger partial charge in [0.1, 0.15) is 0 Å². The Morgan fingerprint density at radius 3 is 3.05 bits per heavy atom. The number of benzene rings is 1. The van der Waals surface area contributed by atoms with Crippen LogP contribution in [-0.4, -0.2) is 20.4 Å². The predicted octanol–water partition coefficient (Wildman–Crippen LogP) is 2.37. The number of anilines is 1. The van der Waals surface area contributed by atoms with E-state index in [4.69, 9.17) is 0 Å². The number of H-pyrrole nitrogens is 1. The zero-order valence-electron chi connectivity index (χ0n) is 10.6. The lowest BCUT2D eigenvalue weighted by molar-refractivity contribution is -0.114. The highest BCUT2D eigenvalue weighted by molar-refractivity contribution is 5.92. The molecule has 5 heteroatoms. The van der Waals surface area contributed by atoms with Crippen molar-refractivity contribution in [3.8, 4) is 0 Å². The molecule has 3 rings (SSSR count). The van der Waals surface area contributed by atoms with Gasteiger partial charge < -0.3 is 14.9 Å². The second-order valence-electron chi connectivity index (χ2n) is 4.48. The normalized spacial score (nSPS) is 10.8. The molecule has 2 heterocycles. The minimum atomic E-state index is -0.0639. The van der Waals surface area contributed by atoms with E-state index in [1.807, 2.05) is 30.6 Å². The van der Waals surface area contributed by atoms with E-state index in [2.05, 4.69) is 25.9 Å². The number of rotatable bonds is 3. The Labute approximate surface area is 110 Å². The second kappa shape index (κ2) is 4.61. The van der Waals surface area contributed by atoms with Gasteiger partial charge in [0.2, 0.25) is 5.91 Å². The van der Waals surface area contributed by atoms with Crippen molar-refractivity contribution in [2.75, 3.05) is 5.32 Å². The molecule has 0 aliphatic carbocycles. The molecule has 0 aliphatic heterocycles. The van der Waals surface area contributed by atoms with E-state index in [-0.39, 0.29) is 5.91 Å². The van der Waals surface area contributed by atoms with Crippen molar-refractivity contribution in [2.45, 2.75) is 13.5 Å². The van der Waals surface area contributed by atoms with E-state index in [0.717, 1.165) is 28.8 Å². The van der Waals surface area contributed by atoms with Gasteiger partial charge in [-0.1, -0.05) is 6.07 Å². The Bertz CT molecular complexity index is 712. The van der Waals surface area contributed by atoms with Crippen LogP contribution < -0.4 is 5.32 Å². The van der Waals surface area contributed by atoms with Crippen LogP contribution in [0.5, 0.6) is 0 Å². The first kappa shape index (κ1) is 11.5. The minimum Gasteiger partial charge on any atom is -0.347 e. The lowest BCUT2D eigenvalue weighted by Gasteiger charge is -2.06. The summed E-state index contributed by atoms with van der Waals surface area (Å²) < 4.78 is 2.12. The highest BCUT2D eigenvalue weighted by Gasteiger charge is 2.04. The Hall–Kier alpha value is -2.56. The summed E-state index contributed by atoms with van der Waals surface area (Å²) in [5.41, 5.74) is 2.94. The highest BCUT2D eigenvalue weighted by atomic mass is 16.1. The first-order chi connectivity index (χ1) is 9.22. The van der Waals surface area contributed by atoms with Gasteiger partial charge in [-0.2, -0.15) is 0 Å². The standard InChI is InChI=1S/C14H14N4O/c1-10(19)17-12-3-2-11-4-5-18(14(11)6-12)8-13-7-15-9-16-13/h2-7,9H,8H2,1H3,(H,15,16)(H,17,19). The van der Waals surface area contributed by atoms with Gasteiger partial charge in [-0.25, -0.2) is 4.98 Å². The van der Waals surface area contributed by atoms with Crippen LogP contribution in [0.4, 0.5) is 5.69 Å². The average molecular weight is 254 g/mol.